The summed E-state index contributed by atoms with van der Waals surface area (Å²) in [4.78, 5) is 11.1. The lowest BCUT2D eigenvalue weighted by molar-refractivity contribution is 0.198. The third-order valence-corrected chi connectivity index (χ3v) is 5.80. The lowest BCUT2D eigenvalue weighted by atomic mass is 10.0. The number of guanidine groups is 1. The van der Waals surface area contributed by atoms with Crippen LogP contribution in [0.15, 0.2) is 59.9 Å². The first-order valence-electron chi connectivity index (χ1n) is 10.6. The second-order valence-electron chi connectivity index (χ2n) is 7.78. The van der Waals surface area contributed by atoms with Gasteiger partial charge in [0.15, 0.2) is 11.8 Å². The summed E-state index contributed by atoms with van der Waals surface area (Å²) in [5.74, 6) is 1.61. The lowest BCUT2D eigenvalue weighted by Crippen LogP contribution is -2.48. The van der Waals surface area contributed by atoms with E-state index >= 15 is 0 Å². The van der Waals surface area contributed by atoms with Crippen molar-refractivity contribution in [2.75, 3.05) is 20.1 Å². The van der Waals surface area contributed by atoms with E-state index in [1.807, 2.05) is 31.3 Å². The van der Waals surface area contributed by atoms with Gasteiger partial charge in [0.05, 0.1) is 0 Å². The van der Waals surface area contributed by atoms with Gasteiger partial charge in [0.1, 0.15) is 6.33 Å². The highest BCUT2D eigenvalue weighted by molar-refractivity contribution is 6.30. The van der Waals surface area contributed by atoms with Gasteiger partial charge in [0, 0.05) is 49.9 Å². The minimum absolute atomic E-state index is 0.424. The summed E-state index contributed by atoms with van der Waals surface area (Å²) in [6.07, 6.45) is 3.71. The van der Waals surface area contributed by atoms with E-state index in [4.69, 9.17) is 11.6 Å². The molecule has 4 rings (SSSR count). The van der Waals surface area contributed by atoms with Gasteiger partial charge in [-0.25, -0.2) is 4.98 Å². The average Bonchev–Trinajstić information content (AvgIpc) is 3.35. The zero-order valence-corrected chi connectivity index (χ0v) is 18.4. The Bertz CT molecular complexity index is 977. The fraction of sp³-hybridized carbons (Fsp3) is 0.348. The molecule has 7 nitrogen and oxygen atoms in total. The first-order valence-corrected chi connectivity index (χ1v) is 11.0. The van der Waals surface area contributed by atoms with Crippen LogP contribution in [0.1, 0.15) is 24.0 Å². The van der Waals surface area contributed by atoms with Crippen LogP contribution >= 0.6 is 11.6 Å². The zero-order valence-electron chi connectivity index (χ0n) is 17.7. The molecule has 0 aliphatic carbocycles. The molecular weight excluding hydrogens is 410 g/mol. The summed E-state index contributed by atoms with van der Waals surface area (Å²) < 4.78 is 0. The molecule has 3 N–H and O–H groups in total. The van der Waals surface area contributed by atoms with Crippen LogP contribution in [-0.2, 0) is 13.1 Å². The van der Waals surface area contributed by atoms with Crippen molar-refractivity contribution < 1.29 is 0 Å². The van der Waals surface area contributed by atoms with Crippen molar-refractivity contribution in [3.8, 4) is 11.4 Å². The fourth-order valence-corrected chi connectivity index (χ4v) is 3.96. The number of aromatic nitrogens is 3. The van der Waals surface area contributed by atoms with Crippen molar-refractivity contribution >= 4 is 17.6 Å². The van der Waals surface area contributed by atoms with Crippen molar-refractivity contribution in [3.63, 3.8) is 0 Å². The molecule has 0 atom stereocenters. The highest BCUT2D eigenvalue weighted by Crippen LogP contribution is 2.17. The zero-order chi connectivity index (χ0) is 21.5. The molecule has 0 saturated carbocycles. The van der Waals surface area contributed by atoms with Gasteiger partial charge in [-0.15, -0.1) is 0 Å². The normalized spacial score (nSPS) is 15.7. The summed E-state index contributed by atoms with van der Waals surface area (Å²) >= 11 is 5.99. The van der Waals surface area contributed by atoms with Gasteiger partial charge in [0.2, 0.25) is 0 Å². The van der Waals surface area contributed by atoms with Crippen molar-refractivity contribution in [1.29, 1.82) is 0 Å². The summed E-state index contributed by atoms with van der Waals surface area (Å²) in [7, 11) is 1.82. The maximum absolute atomic E-state index is 5.99. The molecule has 1 aromatic heterocycles. The molecule has 0 spiro atoms. The molecule has 1 saturated heterocycles. The maximum Gasteiger partial charge on any atom is 0.191 e. The largest absolute Gasteiger partial charge is 0.354 e. The first-order chi connectivity index (χ1) is 15.2. The maximum atomic E-state index is 5.99. The molecule has 162 valence electrons. The number of piperidine rings is 1. The third-order valence-electron chi connectivity index (χ3n) is 5.55. The summed E-state index contributed by atoms with van der Waals surface area (Å²) in [5.41, 5.74) is 3.49. The van der Waals surface area contributed by atoms with E-state index in [-0.39, 0.29) is 0 Å². The Morgan fingerprint density at radius 3 is 2.68 bits per heavy atom. The molecule has 1 aliphatic heterocycles. The Labute approximate surface area is 187 Å². The highest BCUT2D eigenvalue weighted by Gasteiger charge is 2.20. The minimum Gasteiger partial charge on any atom is -0.354 e. The van der Waals surface area contributed by atoms with Crippen molar-refractivity contribution in [2.45, 2.75) is 32.0 Å². The Morgan fingerprint density at radius 2 is 1.97 bits per heavy atom. The predicted octanol–water partition coefficient (Wildman–Crippen LogP) is 3.45. The van der Waals surface area contributed by atoms with Crippen LogP contribution in [0.5, 0.6) is 0 Å². The second kappa shape index (κ2) is 10.4. The topological polar surface area (TPSA) is 81.2 Å². The number of aromatic amines is 1. The Kier molecular flexibility index (Phi) is 7.17. The Morgan fingerprint density at radius 1 is 1.16 bits per heavy atom. The van der Waals surface area contributed by atoms with E-state index < -0.39 is 0 Å². The van der Waals surface area contributed by atoms with E-state index in [0.717, 1.165) is 60.4 Å². The number of likely N-dealkylation sites (tertiary alicyclic amines) is 1. The lowest BCUT2D eigenvalue weighted by Gasteiger charge is -2.33. The number of aliphatic imine (C=N–C) groups is 1. The van der Waals surface area contributed by atoms with Crippen LogP contribution in [0.25, 0.3) is 11.4 Å². The van der Waals surface area contributed by atoms with E-state index in [0.29, 0.717) is 12.6 Å². The van der Waals surface area contributed by atoms with Crippen LogP contribution < -0.4 is 10.6 Å². The van der Waals surface area contributed by atoms with Crippen LogP contribution in [0.4, 0.5) is 0 Å². The van der Waals surface area contributed by atoms with Crippen LogP contribution in [0.2, 0.25) is 5.02 Å². The molecule has 0 unspecified atom stereocenters. The summed E-state index contributed by atoms with van der Waals surface area (Å²) in [6.45, 7) is 3.79. The van der Waals surface area contributed by atoms with Gasteiger partial charge in [-0.3, -0.25) is 15.0 Å². The first kappa shape index (κ1) is 21.3. The molecule has 31 heavy (non-hydrogen) atoms. The van der Waals surface area contributed by atoms with Gasteiger partial charge in [0.25, 0.3) is 0 Å². The van der Waals surface area contributed by atoms with Crippen LogP contribution in [0.3, 0.4) is 0 Å². The fourth-order valence-electron chi connectivity index (χ4n) is 3.83. The van der Waals surface area contributed by atoms with Crippen molar-refractivity contribution in [3.05, 3.63) is 71.0 Å². The average molecular weight is 438 g/mol. The number of hydrogen-bond donors (Lipinski definition) is 3. The summed E-state index contributed by atoms with van der Waals surface area (Å²) in [5, 5.41) is 14.6. The number of rotatable bonds is 6. The molecule has 0 amide bonds. The molecular formula is C23H28ClN7. The number of halogens is 1. The van der Waals surface area contributed by atoms with E-state index in [2.05, 4.69) is 60.0 Å². The quantitative estimate of drug-likeness (QED) is 0.406. The SMILES string of the molecule is CN=C(NCc1cccc(-c2ncn[nH]2)c1)NC1CCN(Cc2ccc(Cl)cc2)CC1. The molecule has 0 bridgehead atoms. The van der Waals surface area contributed by atoms with E-state index in [1.54, 1.807) is 0 Å². The molecule has 1 fully saturated rings. The number of nitrogens with one attached hydrogen (secondary N) is 3. The molecule has 1 aliphatic rings. The van der Waals surface area contributed by atoms with E-state index in [9.17, 15) is 0 Å². The summed E-state index contributed by atoms with van der Waals surface area (Å²) in [6, 6.07) is 16.8. The number of H-pyrrole nitrogens is 1. The smallest absolute Gasteiger partial charge is 0.191 e. The Hall–Kier alpha value is -2.90. The minimum atomic E-state index is 0.424. The van der Waals surface area contributed by atoms with Crippen molar-refractivity contribution in [1.82, 2.24) is 30.7 Å². The number of hydrogen-bond acceptors (Lipinski definition) is 4. The van der Waals surface area contributed by atoms with Gasteiger partial charge in [-0.2, -0.15) is 5.10 Å². The highest BCUT2D eigenvalue weighted by atomic mass is 35.5. The molecule has 8 heteroatoms. The third kappa shape index (κ3) is 6.06. The second-order valence-corrected chi connectivity index (χ2v) is 8.22. The van der Waals surface area contributed by atoms with Crippen molar-refractivity contribution in [2.24, 2.45) is 4.99 Å². The van der Waals surface area contributed by atoms with Gasteiger partial charge >= 0.3 is 0 Å². The Balaban J connectivity index is 1.24. The van der Waals surface area contributed by atoms with Gasteiger partial charge in [-0.1, -0.05) is 41.9 Å². The molecule has 2 aromatic carbocycles. The molecule has 0 radical (unpaired) electrons. The molecule has 3 aromatic rings. The van der Waals surface area contributed by atoms with Gasteiger partial charge < -0.3 is 10.6 Å². The van der Waals surface area contributed by atoms with Crippen LogP contribution in [0, 0.1) is 0 Å². The standard InChI is InChI=1S/C23H28ClN7/c1-25-23(26-14-18-3-2-4-19(13-18)22-27-16-28-30-22)29-21-9-11-31(12-10-21)15-17-5-7-20(24)8-6-17/h2-8,13,16,21H,9-12,14-15H2,1H3,(H2,25,26,29)(H,27,28,30). The monoisotopic (exact) mass is 437 g/mol. The van der Waals surface area contributed by atoms with E-state index in [1.165, 1.54) is 11.9 Å². The van der Waals surface area contributed by atoms with Gasteiger partial charge in [-0.05, 0) is 42.2 Å². The predicted molar refractivity (Wildman–Crippen MR) is 125 cm³/mol. The molecule has 2 heterocycles. The van der Waals surface area contributed by atoms with Crippen LogP contribution in [-0.4, -0.2) is 52.2 Å². The number of nitrogens with zero attached hydrogens (tertiary/aromatic N) is 4. The number of benzene rings is 2.